The quantitative estimate of drug-likeness (QED) is 0.564. The molecule has 13 heteroatoms. The Morgan fingerprint density at radius 3 is 2.50 bits per heavy atom. The van der Waals surface area contributed by atoms with E-state index in [1.807, 2.05) is 26.0 Å². The number of benzene rings is 1. The zero-order valence-corrected chi connectivity index (χ0v) is 20.7. The van der Waals surface area contributed by atoms with E-state index >= 15 is 0 Å². The molecule has 0 spiro atoms. The third-order valence-electron chi connectivity index (χ3n) is 6.20. The number of aromatic nitrogens is 1. The van der Waals surface area contributed by atoms with Gasteiger partial charge in [-0.25, -0.2) is 9.78 Å². The molecule has 3 heterocycles. The number of hydrogen-bond donors (Lipinski definition) is 1. The molecule has 0 atom stereocenters. The van der Waals surface area contributed by atoms with E-state index in [2.05, 4.69) is 15.0 Å². The molecular formula is C23H26F2N4O6S. The van der Waals surface area contributed by atoms with Gasteiger partial charge in [0.2, 0.25) is 11.8 Å². The first-order valence-corrected chi connectivity index (χ1v) is 12.6. The summed E-state index contributed by atoms with van der Waals surface area (Å²) in [5, 5.41) is 2.61. The monoisotopic (exact) mass is 524 g/mol. The summed E-state index contributed by atoms with van der Waals surface area (Å²) in [4.78, 5) is 29.6. The first-order valence-electron chi connectivity index (χ1n) is 11.2. The van der Waals surface area contributed by atoms with E-state index < -0.39 is 40.1 Å². The maximum absolute atomic E-state index is 13.8. The Bertz CT molecular complexity index is 1280. The minimum atomic E-state index is -4.22. The predicted molar refractivity (Wildman–Crippen MR) is 125 cm³/mol. The van der Waals surface area contributed by atoms with Gasteiger partial charge in [0.1, 0.15) is 17.7 Å². The molecule has 1 aromatic heterocycles. The minimum absolute atomic E-state index is 0.00358. The average Bonchev–Trinajstić information content (AvgIpc) is 3.21. The number of carbonyl (C=O) groups excluding carboxylic acids is 2. The normalized spacial score (nSPS) is 17.8. The van der Waals surface area contributed by atoms with Crippen molar-refractivity contribution in [1.29, 1.82) is 0 Å². The standard InChI is InChI=1S/C23H26F2N4O6S/c1-14(2)16-6-4-5-7-17(16)23(12-28(13-23)36(32,33)29-10-11-34-22(29)31)20(30)27-18-9-8-15(3)26-19(18)35-21(24)25/h4-9,14,21H,10-13H2,1-3H3,(H,27,30). The summed E-state index contributed by atoms with van der Waals surface area (Å²) in [6.07, 6.45) is -0.973. The van der Waals surface area contributed by atoms with Crippen molar-refractivity contribution < 1.29 is 36.3 Å². The first-order chi connectivity index (χ1) is 17.0. The number of pyridine rings is 1. The Labute approximate surface area is 207 Å². The van der Waals surface area contributed by atoms with Gasteiger partial charge in [-0.1, -0.05) is 38.1 Å². The van der Waals surface area contributed by atoms with Gasteiger partial charge >= 0.3 is 22.9 Å². The molecule has 2 saturated heterocycles. The van der Waals surface area contributed by atoms with Gasteiger partial charge in [-0.2, -0.15) is 25.8 Å². The second-order valence-corrected chi connectivity index (χ2v) is 10.8. The van der Waals surface area contributed by atoms with Crippen molar-refractivity contribution >= 4 is 27.9 Å². The molecule has 2 fully saturated rings. The van der Waals surface area contributed by atoms with Crippen molar-refractivity contribution in [3.05, 3.63) is 53.2 Å². The summed E-state index contributed by atoms with van der Waals surface area (Å²) in [6.45, 7) is 1.60. The van der Waals surface area contributed by atoms with Crippen LogP contribution in [0.2, 0.25) is 0 Å². The number of ether oxygens (including phenoxy) is 2. The van der Waals surface area contributed by atoms with Gasteiger partial charge in [-0.15, -0.1) is 0 Å². The summed E-state index contributed by atoms with van der Waals surface area (Å²) in [5.41, 5.74) is 0.407. The van der Waals surface area contributed by atoms with E-state index in [0.29, 0.717) is 15.6 Å². The van der Waals surface area contributed by atoms with Gasteiger partial charge < -0.3 is 14.8 Å². The van der Waals surface area contributed by atoms with Crippen LogP contribution in [0.3, 0.4) is 0 Å². The van der Waals surface area contributed by atoms with Crippen molar-refractivity contribution in [3.63, 3.8) is 0 Å². The number of cyclic esters (lactones) is 1. The van der Waals surface area contributed by atoms with Crippen LogP contribution >= 0.6 is 0 Å². The highest BCUT2D eigenvalue weighted by Crippen LogP contribution is 2.42. The van der Waals surface area contributed by atoms with Gasteiger partial charge in [0, 0.05) is 18.8 Å². The van der Waals surface area contributed by atoms with Crippen LogP contribution in [0, 0.1) is 6.92 Å². The van der Waals surface area contributed by atoms with E-state index in [-0.39, 0.29) is 37.8 Å². The number of nitrogens with zero attached hydrogens (tertiary/aromatic N) is 3. The Hall–Kier alpha value is -3.32. The van der Waals surface area contributed by atoms with Crippen LogP contribution in [0.25, 0.3) is 0 Å². The summed E-state index contributed by atoms with van der Waals surface area (Å²) in [7, 11) is -4.22. The highest BCUT2D eigenvalue weighted by atomic mass is 32.2. The summed E-state index contributed by atoms with van der Waals surface area (Å²) >= 11 is 0. The number of rotatable bonds is 8. The van der Waals surface area contributed by atoms with E-state index in [4.69, 9.17) is 4.74 Å². The van der Waals surface area contributed by atoms with Gasteiger partial charge in [-0.3, -0.25) is 4.79 Å². The van der Waals surface area contributed by atoms with Gasteiger partial charge in [0.25, 0.3) is 0 Å². The third kappa shape index (κ3) is 4.60. The third-order valence-corrected chi connectivity index (χ3v) is 8.00. The number of halogens is 2. The van der Waals surface area contributed by atoms with Crippen LogP contribution in [-0.4, -0.2) is 66.9 Å². The second-order valence-electron chi connectivity index (χ2n) is 8.92. The zero-order chi connectivity index (χ0) is 26.3. The van der Waals surface area contributed by atoms with Crippen LogP contribution in [0.5, 0.6) is 5.88 Å². The Kier molecular flexibility index (Phi) is 6.88. The predicted octanol–water partition coefficient (Wildman–Crippen LogP) is 3.00. The molecule has 2 amide bonds. The largest absolute Gasteiger partial charge is 0.447 e. The lowest BCUT2D eigenvalue weighted by atomic mass is 9.71. The fraction of sp³-hybridized carbons (Fsp3) is 0.435. The molecule has 0 saturated carbocycles. The SMILES string of the molecule is Cc1ccc(NC(=O)C2(c3ccccc3C(C)C)CN(S(=O)(=O)N3CCOC3=O)C2)c(OC(F)F)n1. The number of amides is 2. The van der Waals surface area contributed by atoms with Crippen LogP contribution in [0.4, 0.5) is 19.3 Å². The van der Waals surface area contributed by atoms with Crippen LogP contribution < -0.4 is 10.1 Å². The molecule has 36 heavy (non-hydrogen) atoms. The van der Waals surface area contributed by atoms with Crippen molar-refractivity contribution in [2.75, 3.05) is 31.6 Å². The number of alkyl halides is 2. The number of hydrogen-bond acceptors (Lipinski definition) is 7. The summed E-state index contributed by atoms with van der Waals surface area (Å²) in [5.74, 6) is -1.06. The lowest BCUT2D eigenvalue weighted by Crippen LogP contribution is -2.68. The molecular weight excluding hydrogens is 498 g/mol. The highest BCUT2D eigenvalue weighted by Gasteiger charge is 2.57. The molecule has 1 N–H and O–H groups in total. The van der Waals surface area contributed by atoms with Crippen LogP contribution in [0.15, 0.2) is 36.4 Å². The Morgan fingerprint density at radius 2 is 1.89 bits per heavy atom. The summed E-state index contributed by atoms with van der Waals surface area (Å²) in [6, 6.07) is 10.1. The molecule has 2 aliphatic heterocycles. The molecule has 0 unspecified atom stereocenters. The number of nitrogens with one attached hydrogen (secondary N) is 1. The van der Waals surface area contributed by atoms with E-state index in [9.17, 15) is 26.8 Å². The Balaban J connectivity index is 1.71. The number of aryl methyl sites for hydroxylation is 1. The van der Waals surface area contributed by atoms with E-state index in [1.165, 1.54) is 12.1 Å². The lowest BCUT2D eigenvalue weighted by Gasteiger charge is -2.49. The second kappa shape index (κ2) is 9.62. The molecule has 2 aromatic rings. The Morgan fingerprint density at radius 1 is 1.19 bits per heavy atom. The molecule has 0 radical (unpaired) electrons. The molecule has 4 rings (SSSR count). The fourth-order valence-electron chi connectivity index (χ4n) is 4.36. The van der Waals surface area contributed by atoms with Crippen molar-refractivity contribution in [2.45, 2.75) is 38.7 Å². The maximum Gasteiger partial charge on any atom is 0.424 e. The van der Waals surface area contributed by atoms with Crippen molar-refractivity contribution in [3.8, 4) is 5.88 Å². The van der Waals surface area contributed by atoms with Crippen LogP contribution in [0.1, 0.15) is 36.6 Å². The average molecular weight is 525 g/mol. The lowest BCUT2D eigenvalue weighted by molar-refractivity contribution is -0.125. The molecule has 1 aromatic carbocycles. The molecule has 194 valence electrons. The molecule has 0 aliphatic carbocycles. The van der Waals surface area contributed by atoms with Crippen molar-refractivity contribution in [1.82, 2.24) is 13.6 Å². The highest BCUT2D eigenvalue weighted by molar-refractivity contribution is 7.87. The van der Waals surface area contributed by atoms with Crippen LogP contribution in [-0.2, 0) is 25.2 Å². The number of carbonyl (C=O) groups is 2. The molecule has 0 bridgehead atoms. The molecule has 10 nitrogen and oxygen atoms in total. The molecule has 2 aliphatic rings. The topological polar surface area (TPSA) is 118 Å². The number of anilines is 1. The summed E-state index contributed by atoms with van der Waals surface area (Å²) < 4.78 is 62.9. The van der Waals surface area contributed by atoms with Gasteiger partial charge in [0.15, 0.2) is 0 Å². The van der Waals surface area contributed by atoms with E-state index in [0.717, 1.165) is 9.87 Å². The van der Waals surface area contributed by atoms with Gasteiger partial charge in [0.05, 0.1) is 6.54 Å². The van der Waals surface area contributed by atoms with Gasteiger partial charge in [-0.05, 0) is 36.1 Å². The smallest absolute Gasteiger partial charge is 0.424 e. The fourth-order valence-corrected chi connectivity index (χ4v) is 5.96. The first kappa shape index (κ1) is 25.8. The zero-order valence-electron chi connectivity index (χ0n) is 19.9. The van der Waals surface area contributed by atoms with Crippen molar-refractivity contribution in [2.24, 2.45) is 0 Å². The van der Waals surface area contributed by atoms with E-state index in [1.54, 1.807) is 19.1 Å². The maximum atomic E-state index is 13.8. The minimum Gasteiger partial charge on any atom is -0.447 e.